The standard InChI is InChI=1S/C12H12N/c1-2-5-9-12(8-4-1)13-10-6-3-7-11-13/h1-4,6-11H,5H2/q+1. The topological polar surface area (TPSA) is 3.88 Å². The summed E-state index contributed by atoms with van der Waals surface area (Å²) in [6, 6.07) is 6.09. The number of hydrogen-bond acceptors (Lipinski definition) is 0. The first-order chi connectivity index (χ1) is 6.47. The summed E-state index contributed by atoms with van der Waals surface area (Å²) in [5, 5.41) is 0. The van der Waals surface area contributed by atoms with Gasteiger partial charge in [-0.05, 0) is 12.5 Å². The third-order valence-corrected chi connectivity index (χ3v) is 1.99. The normalized spacial score (nSPS) is 15.2. The Hall–Kier alpha value is -1.63. The smallest absolute Gasteiger partial charge is 0.168 e. The maximum absolute atomic E-state index is 2.21. The van der Waals surface area contributed by atoms with Gasteiger partial charge in [0.15, 0.2) is 12.4 Å². The minimum atomic E-state index is 1.00. The first kappa shape index (κ1) is 7.99. The summed E-state index contributed by atoms with van der Waals surface area (Å²) in [7, 11) is 0. The van der Waals surface area contributed by atoms with Crippen molar-refractivity contribution < 1.29 is 4.57 Å². The van der Waals surface area contributed by atoms with E-state index in [1.807, 2.05) is 18.2 Å². The number of allylic oxidation sites excluding steroid dienone is 6. The minimum Gasteiger partial charge on any atom is -0.168 e. The second-order valence-corrected chi connectivity index (χ2v) is 2.93. The van der Waals surface area contributed by atoms with Crippen molar-refractivity contribution in [2.45, 2.75) is 6.42 Å². The third-order valence-electron chi connectivity index (χ3n) is 1.99. The zero-order valence-electron chi connectivity index (χ0n) is 7.43. The molecular formula is C12H12N+. The highest BCUT2D eigenvalue weighted by atomic mass is 14.9. The largest absolute Gasteiger partial charge is 0.206 e. The predicted octanol–water partition coefficient (Wildman–Crippen LogP) is 2.33. The molecule has 0 saturated carbocycles. The first-order valence-corrected chi connectivity index (χ1v) is 4.47. The Bertz CT molecular complexity index is 358. The van der Waals surface area contributed by atoms with E-state index in [1.54, 1.807) is 0 Å². The number of pyridine rings is 1. The second kappa shape index (κ2) is 3.85. The van der Waals surface area contributed by atoms with Crippen LogP contribution in [0.15, 0.2) is 61.0 Å². The molecule has 0 aliphatic heterocycles. The molecule has 2 rings (SSSR count). The van der Waals surface area contributed by atoms with Crippen LogP contribution in [-0.2, 0) is 0 Å². The fraction of sp³-hybridized carbons (Fsp3) is 0.0833. The van der Waals surface area contributed by atoms with Crippen LogP contribution in [0.4, 0.5) is 0 Å². The molecule has 0 N–H and O–H groups in total. The summed E-state index contributed by atoms with van der Waals surface area (Å²) >= 11 is 0. The lowest BCUT2D eigenvalue weighted by molar-refractivity contribution is -0.578. The highest BCUT2D eigenvalue weighted by molar-refractivity contribution is 5.49. The van der Waals surface area contributed by atoms with Crippen molar-refractivity contribution in [3.8, 4) is 0 Å². The maximum atomic E-state index is 2.21. The highest BCUT2D eigenvalue weighted by Gasteiger charge is 2.03. The number of aromatic nitrogens is 1. The van der Waals surface area contributed by atoms with Crippen molar-refractivity contribution in [2.75, 3.05) is 0 Å². The van der Waals surface area contributed by atoms with Gasteiger partial charge >= 0.3 is 0 Å². The van der Waals surface area contributed by atoms with Gasteiger partial charge in [0, 0.05) is 18.2 Å². The Balaban J connectivity index is 2.32. The van der Waals surface area contributed by atoms with Crippen LogP contribution in [0.1, 0.15) is 6.42 Å². The van der Waals surface area contributed by atoms with Gasteiger partial charge in [-0.3, -0.25) is 0 Å². The van der Waals surface area contributed by atoms with Gasteiger partial charge in [0.2, 0.25) is 5.70 Å². The summed E-state index contributed by atoms with van der Waals surface area (Å²) in [6.07, 6.45) is 15.7. The van der Waals surface area contributed by atoms with Crippen molar-refractivity contribution in [1.29, 1.82) is 0 Å². The van der Waals surface area contributed by atoms with Crippen molar-refractivity contribution in [2.24, 2.45) is 0 Å². The molecule has 64 valence electrons. The van der Waals surface area contributed by atoms with Crippen LogP contribution in [0.2, 0.25) is 0 Å². The number of rotatable bonds is 1. The molecule has 13 heavy (non-hydrogen) atoms. The Labute approximate surface area is 78.3 Å². The molecule has 1 aromatic heterocycles. The van der Waals surface area contributed by atoms with E-state index in [9.17, 15) is 0 Å². The van der Waals surface area contributed by atoms with Gasteiger partial charge in [0.05, 0.1) is 0 Å². The van der Waals surface area contributed by atoms with Gasteiger partial charge in [0.25, 0.3) is 0 Å². The lowest BCUT2D eigenvalue weighted by Gasteiger charge is -1.93. The fourth-order valence-electron chi connectivity index (χ4n) is 1.33. The molecular weight excluding hydrogens is 158 g/mol. The van der Waals surface area contributed by atoms with E-state index in [0.717, 1.165) is 6.42 Å². The average Bonchev–Trinajstić information content (AvgIpc) is 2.47. The fourth-order valence-corrected chi connectivity index (χ4v) is 1.33. The molecule has 0 radical (unpaired) electrons. The summed E-state index contributed by atoms with van der Waals surface area (Å²) in [5.41, 5.74) is 1.23. The molecule has 0 bridgehead atoms. The Morgan fingerprint density at radius 2 is 1.85 bits per heavy atom. The van der Waals surface area contributed by atoms with E-state index in [1.165, 1.54) is 5.70 Å². The molecule has 1 aliphatic rings. The van der Waals surface area contributed by atoms with Gasteiger partial charge in [-0.25, -0.2) is 0 Å². The summed E-state index contributed by atoms with van der Waals surface area (Å²) in [6.45, 7) is 0. The van der Waals surface area contributed by atoms with Crippen LogP contribution >= 0.6 is 0 Å². The summed E-state index contributed by atoms with van der Waals surface area (Å²) in [5.74, 6) is 0. The highest BCUT2D eigenvalue weighted by Crippen LogP contribution is 2.03. The van der Waals surface area contributed by atoms with Crippen LogP contribution in [-0.4, -0.2) is 0 Å². The van der Waals surface area contributed by atoms with Crippen molar-refractivity contribution >= 4 is 5.70 Å². The van der Waals surface area contributed by atoms with E-state index in [4.69, 9.17) is 0 Å². The van der Waals surface area contributed by atoms with E-state index in [-0.39, 0.29) is 0 Å². The van der Waals surface area contributed by atoms with E-state index in [2.05, 4.69) is 47.3 Å². The monoisotopic (exact) mass is 170 g/mol. The summed E-state index contributed by atoms with van der Waals surface area (Å²) < 4.78 is 2.11. The lowest BCUT2D eigenvalue weighted by atomic mass is 10.3. The molecule has 1 aliphatic carbocycles. The quantitative estimate of drug-likeness (QED) is 0.569. The van der Waals surface area contributed by atoms with Crippen LogP contribution in [0.25, 0.3) is 5.70 Å². The van der Waals surface area contributed by atoms with Crippen LogP contribution in [0.5, 0.6) is 0 Å². The predicted molar refractivity (Wildman–Crippen MR) is 53.8 cm³/mol. The summed E-state index contributed by atoms with van der Waals surface area (Å²) in [4.78, 5) is 0. The number of hydrogen-bond donors (Lipinski definition) is 0. The molecule has 0 unspecified atom stereocenters. The molecule has 1 heterocycles. The Kier molecular flexibility index (Phi) is 2.37. The Morgan fingerprint density at radius 1 is 1.00 bits per heavy atom. The lowest BCUT2D eigenvalue weighted by Crippen LogP contribution is -2.29. The van der Waals surface area contributed by atoms with Gasteiger partial charge in [-0.1, -0.05) is 24.3 Å². The molecule has 1 aromatic rings. The first-order valence-electron chi connectivity index (χ1n) is 4.47. The maximum Gasteiger partial charge on any atom is 0.206 e. The average molecular weight is 170 g/mol. The third kappa shape index (κ3) is 1.94. The second-order valence-electron chi connectivity index (χ2n) is 2.93. The molecule has 1 nitrogen and oxygen atoms in total. The molecule has 0 fully saturated rings. The molecule has 1 heteroatoms. The Morgan fingerprint density at radius 3 is 2.69 bits per heavy atom. The van der Waals surface area contributed by atoms with E-state index >= 15 is 0 Å². The molecule has 0 aromatic carbocycles. The van der Waals surface area contributed by atoms with Crippen LogP contribution < -0.4 is 4.57 Å². The molecule has 0 spiro atoms. The molecule has 0 atom stereocenters. The van der Waals surface area contributed by atoms with Gasteiger partial charge < -0.3 is 0 Å². The molecule has 0 amide bonds. The van der Waals surface area contributed by atoms with Gasteiger partial charge in [-0.15, -0.1) is 0 Å². The van der Waals surface area contributed by atoms with Crippen LogP contribution in [0, 0.1) is 0 Å². The van der Waals surface area contributed by atoms with Gasteiger partial charge in [0.1, 0.15) is 0 Å². The van der Waals surface area contributed by atoms with Crippen molar-refractivity contribution in [3.63, 3.8) is 0 Å². The van der Waals surface area contributed by atoms with Crippen molar-refractivity contribution in [3.05, 3.63) is 61.0 Å². The van der Waals surface area contributed by atoms with Crippen LogP contribution in [0.3, 0.4) is 0 Å². The molecule has 0 saturated heterocycles. The van der Waals surface area contributed by atoms with E-state index < -0.39 is 0 Å². The van der Waals surface area contributed by atoms with Crippen molar-refractivity contribution in [1.82, 2.24) is 0 Å². The van der Waals surface area contributed by atoms with Gasteiger partial charge in [-0.2, -0.15) is 4.57 Å². The minimum absolute atomic E-state index is 1.00. The SMILES string of the molecule is C1=CCC=C([n+]2ccccc2)C=C1. The van der Waals surface area contributed by atoms with E-state index in [0.29, 0.717) is 0 Å². The zero-order valence-corrected chi connectivity index (χ0v) is 7.43. The zero-order chi connectivity index (χ0) is 8.93. The number of nitrogens with zero attached hydrogens (tertiary/aromatic N) is 1.